The van der Waals surface area contributed by atoms with Gasteiger partial charge in [0.25, 0.3) is 0 Å². The van der Waals surface area contributed by atoms with Crippen LogP contribution >= 0.6 is 0 Å². The Hall–Kier alpha value is -1.89. The molecule has 1 aliphatic carbocycles. The number of hydrogen-bond acceptors (Lipinski definition) is 5. The first-order valence-electron chi connectivity index (χ1n) is 11.3. The SMILES string of the molecule is CC(=O)NCCNC(=O)CC1CCNCC1Cc1cc(CC2CCCCC2)on1. The van der Waals surface area contributed by atoms with Crippen LogP contribution in [0.1, 0.15) is 63.3 Å². The lowest BCUT2D eigenvalue weighted by Gasteiger charge is -2.31. The summed E-state index contributed by atoms with van der Waals surface area (Å²) in [5, 5.41) is 13.4. The van der Waals surface area contributed by atoms with Gasteiger partial charge in [0.2, 0.25) is 11.8 Å². The molecule has 1 aromatic heterocycles. The summed E-state index contributed by atoms with van der Waals surface area (Å²) in [4.78, 5) is 23.2. The molecule has 7 nitrogen and oxygen atoms in total. The number of piperidine rings is 1. The molecule has 1 saturated carbocycles. The molecule has 2 aliphatic rings. The molecule has 0 radical (unpaired) electrons. The lowest BCUT2D eigenvalue weighted by molar-refractivity contribution is -0.123. The van der Waals surface area contributed by atoms with Gasteiger partial charge >= 0.3 is 0 Å². The lowest BCUT2D eigenvalue weighted by atomic mass is 9.81. The zero-order chi connectivity index (χ0) is 20.5. The van der Waals surface area contributed by atoms with Gasteiger partial charge in [0.1, 0.15) is 5.76 Å². The fourth-order valence-electron chi connectivity index (χ4n) is 4.73. The summed E-state index contributed by atoms with van der Waals surface area (Å²) in [5.74, 6) is 2.48. The molecular formula is C22H36N4O3. The van der Waals surface area contributed by atoms with Gasteiger partial charge in [-0.25, -0.2) is 0 Å². The van der Waals surface area contributed by atoms with Crippen molar-refractivity contribution in [3.8, 4) is 0 Å². The number of carbonyl (C=O) groups excluding carboxylic acids is 2. The normalized spacial score (nSPS) is 22.9. The summed E-state index contributed by atoms with van der Waals surface area (Å²) in [7, 11) is 0. The molecule has 0 aromatic carbocycles. The standard InChI is InChI=1S/C22H36N4O3/c1-16(27)24-9-10-25-22(28)13-18-7-8-23-15-19(18)12-20-14-21(29-26-20)11-17-5-3-2-4-6-17/h14,17-19,23H,2-13,15H2,1H3,(H,24,27)(H,25,28). The first kappa shape index (κ1) is 21.8. The van der Waals surface area contributed by atoms with E-state index in [1.54, 1.807) is 0 Å². The number of carbonyl (C=O) groups is 2. The zero-order valence-corrected chi connectivity index (χ0v) is 17.7. The minimum atomic E-state index is -0.0758. The summed E-state index contributed by atoms with van der Waals surface area (Å²) >= 11 is 0. The van der Waals surface area contributed by atoms with Gasteiger partial charge in [0, 0.05) is 38.9 Å². The van der Waals surface area contributed by atoms with Crippen molar-refractivity contribution in [2.24, 2.45) is 17.8 Å². The molecule has 0 bridgehead atoms. The van der Waals surface area contributed by atoms with Crippen molar-refractivity contribution in [1.29, 1.82) is 0 Å². The molecule has 29 heavy (non-hydrogen) atoms. The molecule has 3 N–H and O–H groups in total. The highest BCUT2D eigenvalue weighted by Gasteiger charge is 2.28. The molecule has 1 aliphatic heterocycles. The lowest BCUT2D eigenvalue weighted by Crippen LogP contribution is -2.41. The number of rotatable bonds is 9. The van der Waals surface area contributed by atoms with Crippen molar-refractivity contribution in [2.75, 3.05) is 26.2 Å². The Morgan fingerprint density at radius 3 is 2.69 bits per heavy atom. The van der Waals surface area contributed by atoms with E-state index in [4.69, 9.17) is 4.52 Å². The molecule has 162 valence electrons. The van der Waals surface area contributed by atoms with Crippen molar-refractivity contribution < 1.29 is 14.1 Å². The highest BCUT2D eigenvalue weighted by molar-refractivity contribution is 5.76. The van der Waals surface area contributed by atoms with Crippen LogP contribution in [0.5, 0.6) is 0 Å². The van der Waals surface area contributed by atoms with Crippen LogP contribution in [-0.2, 0) is 22.4 Å². The van der Waals surface area contributed by atoms with Crippen molar-refractivity contribution in [1.82, 2.24) is 21.1 Å². The van der Waals surface area contributed by atoms with E-state index in [0.29, 0.717) is 31.3 Å². The van der Waals surface area contributed by atoms with Crippen LogP contribution in [0.2, 0.25) is 0 Å². The molecule has 3 rings (SSSR count). The Morgan fingerprint density at radius 1 is 1.10 bits per heavy atom. The maximum atomic E-state index is 12.3. The topological polar surface area (TPSA) is 96.3 Å². The monoisotopic (exact) mass is 404 g/mol. The fourth-order valence-corrected chi connectivity index (χ4v) is 4.73. The second kappa shape index (κ2) is 11.3. The van der Waals surface area contributed by atoms with Crippen LogP contribution in [0.4, 0.5) is 0 Å². The van der Waals surface area contributed by atoms with Crippen LogP contribution in [0.25, 0.3) is 0 Å². The number of nitrogens with one attached hydrogen (secondary N) is 3. The first-order valence-corrected chi connectivity index (χ1v) is 11.3. The Labute approximate surface area is 173 Å². The first-order chi connectivity index (χ1) is 14.1. The van der Waals surface area contributed by atoms with Crippen molar-refractivity contribution in [3.05, 3.63) is 17.5 Å². The minimum Gasteiger partial charge on any atom is -0.361 e. The third-order valence-electron chi connectivity index (χ3n) is 6.33. The van der Waals surface area contributed by atoms with Gasteiger partial charge in [-0.3, -0.25) is 9.59 Å². The van der Waals surface area contributed by atoms with E-state index in [1.165, 1.54) is 39.0 Å². The van der Waals surface area contributed by atoms with E-state index < -0.39 is 0 Å². The summed E-state index contributed by atoms with van der Waals surface area (Å²) in [6, 6.07) is 2.13. The average molecular weight is 405 g/mol. The van der Waals surface area contributed by atoms with Gasteiger partial charge in [-0.1, -0.05) is 37.3 Å². The van der Waals surface area contributed by atoms with Crippen molar-refractivity contribution in [3.63, 3.8) is 0 Å². The third-order valence-corrected chi connectivity index (χ3v) is 6.33. The van der Waals surface area contributed by atoms with E-state index in [9.17, 15) is 9.59 Å². The molecule has 0 spiro atoms. The molecule has 7 heteroatoms. The molecule has 2 heterocycles. The maximum Gasteiger partial charge on any atom is 0.220 e. The van der Waals surface area contributed by atoms with Crippen LogP contribution in [0.15, 0.2) is 10.6 Å². The summed E-state index contributed by atoms with van der Waals surface area (Å²) in [6.07, 6.45) is 10.1. The van der Waals surface area contributed by atoms with Gasteiger partial charge in [0.05, 0.1) is 5.69 Å². The second-order valence-corrected chi connectivity index (χ2v) is 8.75. The van der Waals surface area contributed by atoms with Gasteiger partial charge in [-0.2, -0.15) is 0 Å². The van der Waals surface area contributed by atoms with E-state index in [2.05, 4.69) is 27.2 Å². The number of amides is 2. The van der Waals surface area contributed by atoms with Crippen LogP contribution in [0, 0.1) is 17.8 Å². The Morgan fingerprint density at radius 2 is 1.90 bits per heavy atom. The molecule has 2 atom stereocenters. The predicted octanol–water partition coefficient (Wildman–Crippen LogP) is 2.21. The summed E-state index contributed by atoms with van der Waals surface area (Å²) < 4.78 is 5.63. The summed E-state index contributed by atoms with van der Waals surface area (Å²) in [5.41, 5.74) is 1.01. The van der Waals surface area contributed by atoms with Gasteiger partial charge < -0.3 is 20.5 Å². The second-order valence-electron chi connectivity index (χ2n) is 8.75. The molecule has 1 aromatic rings. The Bertz CT molecular complexity index is 654. The van der Waals surface area contributed by atoms with Crippen LogP contribution in [0.3, 0.4) is 0 Å². The minimum absolute atomic E-state index is 0.0605. The molecule has 2 amide bonds. The van der Waals surface area contributed by atoms with Gasteiger partial charge in [0.15, 0.2) is 0 Å². The smallest absolute Gasteiger partial charge is 0.220 e. The predicted molar refractivity (Wildman–Crippen MR) is 111 cm³/mol. The highest BCUT2D eigenvalue weighted by atomic mass is 16.5. The van der Waals surface area contributed by atoms with E-state index in [0.717, 1.165) is 49.7 Å². The summed E-state index contributed by atoms with van der Waals surface area (Å²) in [6.45, 7) is 4.29. The molecule has 2 fully saturated rings. The third kappa shape index (κ3) is 7.46. The molecular weight excluding hydrogens is 368 g/mol. The van der Waals surface area contributed by atoms with Gasteiger partial charge in [-0.05, 0) is 43.7 Å². The van der Waals surface area contributed by atoms with Crippen LogP contribution in [-0.4, -0.2) is 43.2 Å². The largest absolute Gasteiger partial charge is 0.361 e. The van der Waals surface area contributed by atoms with Crippen LogP contribution < -0.4 is 16.0 Å². The number of aromatic nitrogens is 1. The molecule has 2 unspecified atom stereocenters. The zero-order valence-electron chi connectivity index (χ0n) is 17.7. The quantitative estimate of drug-likeness (QED) is 0.549. The van der Waals surface area contributed by atoms with E-state index in [-0.39, 0.29) is 11.8 Å². The Kier molecular flexibility index (Phi) is 8.52. The number of nitrogens with zero attached hydrogens (tertiary/aromatic N) is 1. The number of hydrogen-bond donors (Lipinski definition) is 3. The van der Waals surface area contributed by atoms with Crippen molar-refractivity contribution in [2.45, 2.75) is 64.7 Å². The molecule has 1 saturated heterocycles. The highest BCUT2D eigenvalue weighted by Crippen LogP contribution is 2.29. The van der Waals surface area contributed by atoms with E-state index in [1.807, 2.05) is 0 Å². The van der Waals surface area contributed by atoms with Gasteiger partial charge in [-0.15, -0.1) is 0 Å². The Balaban J connectivity index is 1.45. The average Bonchev–Trinajstić information content (AvgIpc) is 3.14. The van der Waals surface area contributed by atoms with E-state index >= 15 is 0 Å². The fraction of sp³-hybridized carbons (Fsp3) is 0.773. The maximum absolute atomic E-state index is 12.3. The van der Waals surface area contributed by atoms with Crippen molar-refractivity contribution >= 4 is 11.8 Å².